The summed E-state index contributed by atoms with van der Waals surface area (Å²) in [5, 5.41) is -10.7. The summed E-state index contributed by atoms with van der Waals surface area (Å²) in [6, 6.07) is 9.66. The van der Waals surface area contributed by atoms with Crippen molar-refractivity contribution in [2.45, 2.75) is 29.3 Å². The number of carbonyl (C=O) groups is 1. The molecule has 0 aromatic heterocycles. The van der Waals surface area contributed by atoms with Crippen molar-refractivity contribution < 1.29 is 52.5 Å². The molecular weight excluding hydrogens is 562 g/mol. The zero-order valence-corrected chi connectivity index (χ0v) is 21.1. The molecule has 2 saturated heterocycles. The number of benzene rings is 1. The van der Waals surface area contributed by atoms with Gasteiger partial charge in [-0.2, -0.15) is 39.1 Å². The number of Topliss-reactive ketones (excluding diaryl/α,β-unsaturated/α-hetero) is 1. The molecule has 2 aliphatic heterocycles. The van der Waals surface area contributed by atoms with Crippen molar-refractivity contribution in [1.82, 2.24) is 9.62 Å². The van der Waals surface area contributed by atoms with Crippen LogP contribution >= 0.6 is 0 Å². The van der Waals surface area contributed by atoms with Crippen LogP contribution in [0.4, 0.5) is 26.3 Å². The molecule has 17 heteroatoms. The average molecular weight is 588 g/mol. The van der Waals surface area contributed by atoms with Gasteiger partial charge in [0.15, 0.2) is 5.75 Å². The number of hydrogen-bond donors (Lipinski definition) is 2. The lowest BCUT2D eigenvalue weighted by molar-refractivity contribution is -0.246. The first kappa shape index (κ1) is 30.8. The minimum Gasteiger partial charge on any atom is -0.314 e. The van der Waals surface area contributed by atoms with Crippen molar-refractivity contribution in [2.24, 2.45) is 0 Å². The maximum atomic E-state index is 13.5. The summed E-state index contributed by atoms with van der Waals surface area (Å²) in [5.74, 6) is -3.23. The average Bonchev–Trinajstić information content (AvgIpc) is 3.32. The Labute approximate surface area is 207 Å². The fourth-order valence-electron chi connectivity index (χ4n) is 3.29. The molecular formula is C19H25F6N2O6S3+. The van der Waals surface area contributed by atoms with Gasteiger partial charge in [-0.3, -0.25) is 9.35 Å². The number of nitrogens with one attached hydrogen (secondary N) is 1. The van der Waals surface area contributed by atoms with E-state index in [4.69, 9.17) is 4.55 Å². The van der Waals surface area contributed by atoms with Gasteiger partial charge in [-0.25, -0.2) is 8.42 Å². The maximum Gasteiger partial charge on any atom is 0.439 e. The quantitative estimate of drug-likeness (QED) is 0.207. The standard InChI is InChI=1S/C12H15OS.C7H10F6N2O5S2/c13-12(10-14-8-4-5-9-14)11-6-2-1-3-7-11;8-5(9,7(12,13)22(18,19)20)6(10,11)21(16,17)15-3-1-14-2-4-15/h1-3,6-7H,4-5,8-10H2;14H,1-4H2,(H,18,19,20)/q+1;. The molecule has 3 rings (SSSR count). The summed E-state index contributed by atoms with van der Waals surface area (Å²) in [7, 11) is -12.9. The van der Waals surface area contributed by atoms with Gasteiger partial charge in [0.1, 0.15) is 11.5 Å². The third kappa shape index (κ3) is 6.35. The lowest BCUT2D eigenvalue weighted by Gasteiger charge is -2.35. The van der Waals surface area contributed by atoms with Crippen LogP contribution in [0.5, 0.6) is 0 Å². The normalized spacial score (nSPS) is 19.0. The first-order chi connectivity index (χ1) is 16.5. The lowest BCUT2D eigenvalue weighted by atomic mass is 10.2. The van der Waals surface area contributed by atoms with Crippen LogP contribution in [0.2, 0.25) is 0 Å². The number of piperazine rings is 1. The molecule has 0 spiro atoms. The topological polar surface area (TPSA) is 121 Å². The predicted octanol–water partition coefficient (Wildman–Crippen LogP) is 2.21. The summed E-state index contributed by atoms with van der Waals surface area (Å²) in [5.41, 5.74) is 0.881. The van der Waals surface area contributed by atoms with Gasteiger partial charge in [0.05, 0.1) is 0 Å². The molecule has 2 aliphatic rings. The van der Waals surface area contributed by atoms with Crippen LogP contribution in [0.1, 0.15) is 23.2 Å². The zero-order valence-electron chi connectivity index (χ0n) is 18.7. The highest BCUT2D eigenvalue weighted by atomic mass is 32.2. The van der Waals surface area contributed by atoms with E-state index in [1.54, 1.807) is 0 Å². The second-order valence-electron chi connectivity index (χ2n) is 7.90. The van der Waals surface area contributed by atoms with Crippen LogP contribution < -0.4 is 5.32 Å². The predicted molar refractivity (Wildman–Crippen MR) is 122 cm³/mol. The Kier molecular flexibility index (Phi) is 9.89. The smallest absolute Gasteiger partial charge is 0.314 e. The van der Waals surface area contributed by atoms with Gasteiger partial charge in [0.2, 0.25) is 5.78 Å². The molecule has 0 atom stereocenters. The number of nitrogens with zero attached hydrogens (tertiary/aromatic N) is 1. The molecule has 1 aromatic carbocycles. The molecule has 0 unspecified atom stereocenters. The summed E-state index contributed by atoms with van der Waals surface area (Å²) >= 11 is 0. The highest BCUT2D eigenvalue weighted by Crippen LogP contribution is 2.51. The molecule has 1 aromatic rings. The molecule has 206 valence electrons. The summed E-state index contributed by atoms with van der Waals surface area (Å²) in [6.07, 6.45) is 2.65. The van der Waals surface area contributed by atoms with Gasteiger partial charge in [-0.1, -0.05) is 30.3 Å². The molecule has 0 bridgehead atoms. The van der Waals surface area contributed by atoms with Gasteiger partial charge >= 0.3 is 26.5 Å². The molecule has 8 nitrogen and oxygen atoms in total. The van der Waals surface area contributed by atoms with E-state index < -0.39 is 49.7 Å². The van der Waals surface area contributed by atoms with Gasteiger partial charge in [0.25, 0.3) is 10.0 Å². The van der Waals surface area contributed by atoms with E-state index in [1.807, 2.05) is 30.3 Å². The highest BCUT2D eigenvalue weighted by Gasteiger charge is 2.82. The van der Waals surface area contributed by atoms with Crippen LogP contribution in [-0.4, -0.2) is 91.3 Å². The summed E-state index contributed by atoms with van der Waals surface area (Å²) in [4.78, 5) is 11.8. The van der Waals surface area contributed by atoms with Crippen molar-refractivity contribution in [3.05, 3.63) is 35.9 Å². The molecule has 2 heterocycles. The molecule has 0 amide bonds. The van der Waals surface area contributed by atoms with E-state index in [9.17, 15) is 48.0 Å². The van der Waals surface area contributed by atoms with Crippen molar-refractivity contribution in [3.8, 4) is 0 Å². The summed E-state index contributed by atoms with van der Waals surface area (Å²) < 4.78 is 131. The minimum atomic E-state index is -6.99. The van der Waals surface area contributed by atoms with Crippen molar-refractivity contribution in [3.63, 3.8) is 0 Å². The summed E-state index contributed by atoms with van der Waals surface area (Å²) in [6.45, 7) is -1.80. The van der Waals surface area contributed by atoms with Crippen LogP contribution in [0.3, 0.4) is 0 Å². The Morgan fingerprint density at radius 3 is 1.89 bits per heavy atom. The second kappa shape index (κ2) is 11.6. The van der Waals surface area contributed by atoms with Crippen molar-refractivity contribution in [2.75, 3.05) is 43.4 Å². The van der Waals surface area contributed by atoms with E-state index in [-0.39, 0.29) is 17.4 Å². The highest BCUT2D eigenvalue weighted by molar-refractivity contribution is 7.97. The van der Waals surface area contributed by atoms with Gasteiger partial charge < -0.3 is 5.32 Å². The van der Waals surface area contributed by atoms with Gasteiger partial charge in [-0.15, -0.1) is 0 Å². The molecule has 36 heavy (non-hydrogen) atoms. The van der Waals surface area contributed by atoms with Crippen LogP contribution in [0.25, 0.3) is 0 Å². The van der Waals surface area contributed by atoms with Crippen molar-refractivity contribution in [1.29, 1.82) is 0 Å². The largest absolute Gasteiger partial charge is 0.439 e. The Bertz CT molecular complexity index is 1110. The zero-order chi connectivity index (χ0) is 27.4. The fraction of sp³-hybridized carbons (Fsp3) is 0.632. The van der Waals surface area contributed by atoms with Crippen LogP contribution in [0.15, 0.2) is 30.3 Å². The molecule has 0 saturated carbocycles. The fourth-order valence-corrected chi connectivity index (χ4v) is 7.50. The maximum absolute atomic E-state index is 13.5. The first-order valence-electron chi connectivity index (χ1n) is 10.5. The number of ketones is 1. The van der Waals surface area contributed by atoms with Gasteiger partial charge in [0, 0.05) is 31.7 Å². The van der Waals surface area contributed by atoms with Crippen LogP contribution in [0, 0.1) is 0 Å². The molecule has 0 radical (unpaired) electrons. The van der Waals surface area contributed by atoms with E-state index in [1.165, 1.54) is 24.3 Å². The minimum absolute atomic E-state index is 0.169. The second-order valence-corrected chi connectivity index (χ2v) is 13.7. The third-order valence-electron chi connectivity index (χ3n) is 5.34. The van der Waals surface area contributed by atoms with E-state index in [2.05, 4.69) is 5.32 Å². The Morgan fingerprint density at radius 2 is 1.42 bits per heavy atom. The van der Waals surface area contributed by atoms with Crippen LogP contribution in [-0.2, 0) is 31.0 Å². The number of rotatable bonds is 8. The van der Waals surface area contributed by atoms with E-state index in [0.29, 0.717) is 16.7 Å². The third-order valence-corrected chi connectivity index (χ3v) is 10.6. The number of hydrogen-bond acceptors (Lipinski definition) is 6. The SMILES string of the molecule is O=C(C[S+]1CCCC1)c1ccccc1.O=S(=O)(O)C(F)(F)C(F)(F)C(F)(F)S(=O)(=O)N1CCNCC1. The number of alkyl halides is 6. The Hall–Kier alpha value is -1.40. The Balaban J connectivity index is 0.000000278. The molecule has 2 N–H and O–H groups in total. The van der Waals surface area contributed by atoms with E-state index in [0.717, 1.165) is 11.3 Å². The van der Waals surface area contributed by atoms with Crippen molar-refractivity contribution >= 4 is 36.8 Å². The number of sulfonamides is 1. The molecule has 2 fully saturated rings. The number of halogens is 6. The number of carbonyl (C=O) groups excluding carboxylic acids is 1. The lowest BCUT2D eigenvalue weighted by Crippen LogP contribution is -2.64. The Morgan fingerprint density at radius 1 is 0.917 bits per heavy atom. The monoisotopic (exact) mass is 587 g/mol. The van der Waals surface area contributed by atoms with Gasteiger partial charge in [-0.05, 0) is 23.7 Å². The van der Waals surface area contributed by atoms with E-state index >= 15 is 0 Å². The molecule has 0 aliphatic carbocycles. The first-order valence-corrected chi connectivity index (χ1v) is 15.1.